The molecule has 0 bridgehead atoms. The Morgan fingerprint density at radius 2 is 1.11 bits per heavy atom. The molecule has 0 N–H and O–H groups in total. The highest BCUT2D eigenvalue weighted by Gasteiger charge is 2.24. The number of rotatable bonds is 3. The lowest BCUT2D eigenvalue weighted by molar-refractivity contribution is 0.668. The molecule has 0 atom stereocenters. The van der Waals surface area contributed by atoms with Crippen LogP contribution >= 0.6 is 15.9 Å². The second-order valence-corrected chi connectivity index (χ2v) is 12.4. The van der Waals surface area contributed by atoms with Gasteiger partial charge < -0.3 is 8.83 Å². The predicted octanol–water partition coefficient (Wildman–Crippen LogP) is 11.5. The Kier molecular flexibility index (Phi) is 5.36. The minimum absolute atomic E-state index is 0.628. The van der Waals surface area contributed by atoms with Crippen molar-refractivity contribution in [3.8, 4) is 28.3 Å². The van der Waals surface area contributed by atoms with E-state index in [4.69, 9.17) is 18.8 Å². The van der Waals surface area contributed by atoms with Gasteiger partial charge in [-0.2, -0.15) is 0 Å². The summed E-state index contributed by atoms with van der Waals surface area (Å²) in [5, 5.41) is 6.16. The van der Waals surface area contributed by atoms with Gasteiger partial charge in [-0.05, 0) is 54.6 Å². The molecule has 0 amide bonds. The van der Waals surface area contributed by atoms with Gasteiger partial charge in [0.15, 0.2) is 5.82 Å². The van der Waals surface area contributed by atoms with Crippen molar-refractivity contribution in [2.45, 2.75) is 0 Å². The summed E-state index contributed by atoms with van der Waals surface area (Å²) in [4.78, 5) is 10.9. The molecule has 4 aromatic heterocycles. The zero-order chi connectivity index (χ0) is 30.4. The van der Waals surface area contributed by atoms with Crippen LogP contribution in [-0.2, 0) is 0 Å². The van der Waals surface area contributed by atoms with Crippen molar-refractivity contribution in [3.63, 3.8) is 0 Å². The third kappa shape index (κ3) is 3.62. The van der Waals surface area contributed by atoms with Crippen LogP contribution < -0.4 is 0 Å². The molecule has 0 saturated heterocycles. The van der Waals surface area contributed by atoms with Crippen molar-refractivity contribution >= 4 is 81.7 Å². The number of hydrogen-bond donors (Lipinski definition) is 0. The first-order valence-corrected chi connectivity index (χ1v) is 15.9. The van der Waals surface area contributed by atoms with Gasteiger partial charge >= 0.3 is 0 Å². The van der Waals surface area contributed by atoms with Crippen LogP contribution in [0.4, 0.5) is 0 Å². The van der Waals surface area contributed by atoms with E-state index >= 15 is 0 Å². The number of nitrogens with zero attached hydrogens (tertiary/aromatic N) is 3. The third-order valence-corrected chi connectivity index (χ3v) is 9.38. The second kappa shape index (κ2) is 9.64. The van der Waals surface area contributed by atoms with E-state index in [9.17, 15) is 0 Å². The highest BCUT2D eigenvalue weighted by Crippen LogP contribution is 2.44. The van der Waals surface area contributed by atoms with Crippen LogP contribution in [0.15, 0.2) is 147 Å². The van der Waals surface area contributed by atoms with Crippen molar-refractivity contribution in [1.29, 1.82) is 0 Å². The summed E-state index contributed by atoms with van der Waals surface area (Å²) in [5.41, 5.74) is 8.97. The molecule has 6 heteroatoms. The van der Waals surface area contributed by atoms with Gasteiger partial charge in [0.1, 0.15) is 28.0 Å². The maximum absolute atomic E-state index is 6.35. The molecule has 0 radical (unpaired) electrons. The molecule has 46 heavy (non-hydrogen) atoms. The SMILES string of the molecule is Brc1ccc2c(c1)c1c(-c3cccc4oc5ccccc5c34)nc(-c3cccc4oc5ccccc5c34)nc1n2-c1ccccc1. The van der Waals surface area contributed by atoms with Crippen LogP contribution in [0.1, 0.15) is 0 Å². The van der Waals surface area contributed by atoms with Gasteiger partial charge in [0, 0.05) is 48.2 Å². The molecule has 0 saturated carbocycles. The molecular formula is C40H22BrN3O2. The molecule has 10 aromatic rings. The Morgan fingerprint density at radius 3 is 1.83 bits per heavy atom. The van der Waals surface area contributed by atoms with E-state index in [1.165, 1.54) is 0 Å². The van der Waals surface area contributed by atoms with Crippen LogP contribution in [0.2, 0.25) is 0 Å². The Morgan fingerprint density at radius 1 is 0.500 bits per heavy atom. The van der Waals surface area contributed by atoms with Crippen LogP contribution in [0.25, 0.3) is 94.1 Å². The monoisotopic (exact) mass is 655 g/mol. The Bertz CT molecular complexity index is 2830. The quantitative estimate of drug-likeness (QED) is 0.190. The average molecular weight is 657 g/mol. The van der Waals surface area contributed by atoms with E-state index in [2.05, 4.69) is 93.3 Å². The Labute approximate surface area is 270 Å². The van der Waals surface area contributed by atoms with Gasteiger partial charge in [0.25, 0.3) is 0 Å². The van der Waals surface area contributed by atoms with Crippen molar-refractivity contribution in [2.24, 2.45) is 0 Å². The molecule has 0 aliphatic carbocycles. The highest BCUT2D eigenvalue weighted by molar-refractivity contribution is 9.10. The predicted molar refractivity (Wildman–Crippen MR) is 189 cm³/mol. The summed E-state index contributed by atoms with van der Waals surface area (Å²) < 4.78 is 15.9. The number of furan rings is 2. The summed E-state index contributed by atoms with van der Waals surface area (Å²) in [6.45, 7) is 0. The smallest absolute Gasteiger partial charge is 0.162 e. The molecule has 4 heterocycles. The third-order valence-electron chi connectivity index (χ3n) is 8.89. The summed E-state index contributed by atoms with van der Waals surface area (Å²) >= 11 is 3.75. The fourth-order valence-electron chi connectivity index (χ4n) is 6.96. The molecule has 0 aliphatic heterocycles. The fourth-order valence-corrected chi connectivity index (χ4v) is 7.32. The largest absolute Gasteiger partial charge is 0.456 e. The average Bonchev–Trinajstić information content (AvgIpc) is 3.77. The lowest BCUT2D eigenvalue weighted by Gasteiger charge is -2.11. The molecule has 6 aromatic carbocycles. The Hall–Kier alpha value is -5.72. The van der Waals surface area contributed by atoms with Crippen LogP contribution in [0.3, 0.4) is 0 Å². The number of hydrogen-bond acceptors (Lipinski definition) is 4. The summed E-state index contributed by atoms with van der Waals surface area (Å²) in [7, 11) is 0. The van der Waals surface area contributed by atoms with E-state index in [0.29, 0.717) is 5.82 Å². The van der Waals surface area contributed by atoms with E-state index in [-0.39, 0.29) is 0 Å². The van der Waals surface area contributed by atoms with Crippen molar-refractivity contribution in [3.05, 3.63) is 138 Å². The lowest BCUT2D eigenvalue weighted by Crippen LogP contribution is -2.00. The van der Waals surface area contributed by atoms with Gasteiger partial charge in [0.2, 0.25) is 0 Å². The molecule has 216 valence electrons. The van der Waals surface area contributed by atoms with Gasteiger partial charge in [-0.15, -0.1) is 0 Å². The highest BCUT2D eigenvalue weighted by atomic mass is 79.9. The summed E-state index contributed by atoms with van der Waals surface area (Å²) in [6, 6.07) is 45.5. The zero-order valence-electron chi connectivity index (χ0n) is 24.2. The van der Waals surface area contributed by atoms with E-state index in [0.717, 1.165) is 92.8 Å². The zero-order valence-corrected chi connectivity index (χ0v) is 25.8. The molecule has 10 rings (SSSR count). The van der Waals surface area contributed by atoms with Crippen LogP contribution in [0, 0.1) is 0 Å². The Balaban J connectivity index is 1.42. The molecule has 0 fully saturated rings. The first-order chi connectivity index (χ1) is 22.7. The maximum Gasteiger partial charge on any atom is 0.162 e. The minimum atomic E-state index is 0.628. The summed E-state index contributed by atoms with van der Waals surface area (Å²) in [5.74, 6) is 0.628. The normalized spacial score (nSPS) is 12.0. The van der Waals surface area contributed by atoms with E-state index < -0.39 is 0 Å². The van der Waals surface area contributed by atoms with Crippen molar-refractivity contribution < 1.29 is 8.83 Å². The molecular weight excluding hydrogens is 634 g/mol. The molecule has 5 nitrogen and oxygen atoms in total. The van der Waals surface area contributed by atoms with Gasteiger partial charge in [-0.3, -0.25) is 4.57 Å². The van der Waals surface area contributed by atoms with Gasteiger partial charge in [-0.1, -0.05) is 94.8 Å². The van der Waals surface area contributed by atoms with Gasteiger partial charge in [-0.25, -0.2) is 9.97 Å². The van der Waals surface area contributed by atoms with Crippen molar-refractivity contribution in [2.75, 3.05) is 0 Å². The number of fused-ring (bicyclic) bond motifs is 9. The summed E-state index contributed by atoms with van der Waals surface area (Å²) in [6.07, 6.45) is 0. The topological polar surface area (TPSA) is 57.0 Å². The van der Waals surface area contributed by atoms with E-state index in [1.807, 2.05) is 60.7 Å². The minimum Gasteiger partial charge on any atom is -0.456 e. The number of para-hydroxylation sites is 3. The van der Waals surface area contributed by atoms with Gasteiger partial charge in [0.05, 0.1) is 16.6 Å². The second-order valence-electron chi connectivity index (χ2n) is 11.5. The molecule has 0 spiro atoms. The van der Waals surface area contributed by atoms with E-state index in [1.54, 1.807) is 0 Å². The van der Waals surface area contributed by atoms with Crippen LogP contribution in [-0.4, -0.2) is 14.5 Å². The fraction of sp³-hybridized carbons (Fsp3) is 0. The van der Waals surface area contributed by atoms with Crippen LogP contribution in [0.5, 0.6) is 0 Å². The standard InChI is InChI=1S/C40H22BrN3O2/c41-23-20-21-30-29(22-23)37-38(27-14-8-18-33-35(27)25-12-4-6-16-31(25)45-33)42-39(43-40(37)44(30)24-10-2-1-3-11-24)28-15-9-19-34-36(28)26-13-5-7-17-32(26)46-34/h1-22H. The molecule has 0 unspecified atom stereocenters. The first-order valence-electron chi connectivity index (χ1n) is 15.1. The maximum atomic E-state index is 6.35. The number of benzene rings is 6. The van der Waals surface area contributed by atoms with Crippen molar-refractivity contribution in [1.82, 2.24) is 14.5 Å². The molecule has 0 aliphatic rings. The lowest BCUT2D eigenvalue weighted by atomic mass is 9.99. The number of halogens is 1. The first kappa shape index (κ1) is 25.6. The number of aromatic nitrogens is 3.